The van der Waals surface area contributed by atoms with Gasteiger partial charge in [0.25, 0.3) is 0 Å². The van der Waals surface area contributed by atoms with E-state index in [0.717, 1.165) is 45.2 Å². The number of aliphatic hydroxyl groups excluding tert-OH is 2. The summed E-state index contributed by atoms with van der Waals surface area (Å²) < 4.78 is 0. The van der Waals surface area contributed by atoms with Crippen LogP contribution in [0.5, 0.6) is 0 Å². The molecule has 6 rings (SSSR count). The van der Waals surface area contributed by atoms with Gasteiger partial charge in [0.15, 0.2) is 0 Å². The lowest BCUT2D eigenvalue weighted by Crippen LogP contribution is -2.68. The monoisotopic (exact) mass is 359 g/mol. The zero-order valence-corrected chi connectivity index (χ0v) is 16.3. The van der Waals surface area contributed by atoms with E-state index >= 15 is 0 Å². The minimum Gasteiger partial charge on any atom is -0.393 e. The highest BCUT2D eigenvalue weighted by Gasteiger charge is 2.85. The minimum absolute atomic E-state index is 0.00667. The lowest BCUT2D eigenvalue weighted by molar-refractivity contribution is -0.211. The fraction of sp³-hybridized carbons (Fsp3) is 0.955. The van der Waals surface area contributed by atoms with Crippen molar-refractivity contribution < 1.29 is 15.0 Å². The highest BCUT2D eigenvalue weighted by Crippen LogP contribution is 2.82. The molecule has 5 saturated carbocycles. The average Bonchev–Trinajstić information content (AvgIpc) is 3.14. The molecule has 0 amide bonds. The average molecular weight is 360 g/mol. The summed E-state index contributed by atoms with van der Waals surface area (Å²) in [6.07, 6.45) is 4.08. The maximum Gasteiger partial charge on any atom is 0.142 e. The van der Waals surface area contributed by atoms with Crippen LogP contribution in [0.25, 0.3) is 0 Å². The van der Waals surface area contributed by atoms with Gasteiger partial charge in [0.05, 0.1) is 12.2 Å². The van der Waals surface area contributed by atoms with Crippen molar-refractivity contribution in [1.29, 1.82) is 0 Å². The van der Waals surface area contributed by atoms with Gasteiger partial charge in [0, 0.05) is 29.3 Å². The van der Waals surface area contributed by atoms with Crippen LogP contribution in [0.3, 0.4) is 0 Å². The number of piperidine rings is 1. The smallest absolute Gasteiger partial charge is 0.142 e. The number of hydrogen-bond donors (Lipinski definition) is 2. The van der Waals surface area contributed by atoms with Crippen LogP contribution in [0.4, 0.5) is 0 Å². The first-order valence-corrected chi connectivity index (χ1v) is 11.0. The number of carbonyl (C=O) groups excluding carboxylic acids is 1. The first-order chi connectivity index (χ1) is 12.3. The van der Waals surface area contributed by atoms with Gasteiger partial charge in [-0.15, -0.1) is 0 Å². The van der Waals surface area contributed by atoms with Gasteiger partial charge in [-0.25, -0.2) is 0 Å². The Hall–Kier alpha value is -0.450. The van der Waals surface area contributed by atoms with E-state index in [1.165, 1.54) is 0 Å². The topological polar surface area (TPSA) is 60.8 Å². The van der Waals surface area contributed by atoms with Crippen LogP contribution < -0.4 is 0 Å². The summed E-state index contributed by atoms with van der Waals surface area (Å²) >= 11 is 0. The van der Waals surface area contributed by atoms with Gasteiger partial charge < -0.3 is 10.2 Å². The standard InChI is InChI=1S/C22H33NO3/c1-4-23-10-20(3)6-5-17(25)22-15(20)7-13(18(22)23)21-9-12(11(2)19(21)26)14(24)8-16(21)22/h11-18,24-25H,4-10H2,1-3H3/t11-,12+,13-,14+,15+,16+,17-,18?,20-,21-,22-/m0/s1. The Morgan fingerprint density at radius 1 is 1.23 bits per heavy atom. The molecule has 6 aliphatic rings. The Morgan fingerprint density at radius 2 is 2.00 bits per heavy atom. The van der Waals surface area contributed by atoms with Crippen molar-refractivity contribution in [2.45, 2.75) is 71.1 Å². The zero-order valence-electron chi connectivity index (χ0n) is 16.3. The second kappa shape index (κ2) is 4.58. The van der Waals surface area contributed by atoms with Crippen LogP contribution in [0.1, 0.15) is 52.9 Å². The van der Waals surface area contributed by atoms with Crippen LogP contribution in [0.15, 0.2) is 0 Å². The summed E-state index contributed by atoms with van der Waals surface area (Å²) in [5, 5.41) is 22.4. The van der Waals surface area contributed by atoms with Gasteiger partial charge in [-0.2, -0.15) is 0 Å². The van der Waals surface area contributed by atoms with Crippen LogP contribution >= 0.6 is 0 Å². The second-order valence-corrected chi connectivity index (χ2v) is 11.0. The summed E-state index contributed by atoms with van der Waals surface area (Å²) in [6, 6.07) is 0.353. The number of Topliss-reactive ketones (excluding diaryl/α,β-unsaturated/α-hetero) is 1. The van der Waals surface area contributed by atoms with Crippen molar-refractivity contribution in [2.75, 3.05) is 13.1 Å². The lowest BCUT2D eigenvalue weighted by atomic mass is 9.43. The number of aliphatic hydroxyl groups is 2. The molecule has 1 heterocycles. The summed E-state index contributed by atoms with van der Waals surface area (Å²) in [6.45, 7) is 8.89. The second-order valence-electron chi connectivity index (χ2n) is 11.0. The molecule has 0 radical (unpaired) electrons. The molecule has 2 spiro atoms. The summed E-state index contributed by atoms with van der Waals surface area (Å²) in [7, 11) is 0. The molecule has 4 nitrogen and oxygen atoms in total. The van der Waals surface area contributed by atoms with Gasteiger partial charge in [0.1, 0.15) is 5.78 Å². The van der Waals surface area contributed by atoms with E-state index in [9.17, 15) is 15.0 Å². The maximum absolute atomic E-state index is 13.6. The fourth-order valence-corrected chi connectivity index (χ4v) is 10.1. The van der Waals surface area contributed by atoms with Crippen molar-refractivity contribution in [2.24, 2.45) is 45.8 Å². The Labute approximate surface area is 156 Å². The summed E-state index contributed by atoms with van der Waals surface area (Å²) in [5.74, 6) is 1.70. The quantitative estimate of drug-likeness (QED) is 0.753. The van der Waals surface area contributed by atoms with Crippen molar-refractivity contribution in [3.05, 3.63) is 0 Å². The molecule has 0 aromatic heterocycles. The zero-order chi connectivity index (χ0) is 18.2. The lowest BCUT2D eigenvalue weighted by Gasteiger charge is -2.65. The third kappa shape index (κ3) is 1.37. The molecule has 1 aliphatic heterocycles. The molecule has 1 unspecified atom stereocenters. The fourth-order valence-electron chi connectivity index (χ4n) is 10.1. The predicted octanol–water partition coefficient (Wildman–Crippen LogP) is 2.08. The first kappa shape index (κ1) is 16.5. The number of ketones is 1. The largest absolute Gasteiger partial charge is 0.393 e. The maximum atomic E-state index is 13.6. The van der Waals surface area contributed by atoms with Crippen molar-refractivity contribution >= 4 is 5.78 Å². The van der Waals surface area contributed by atoms with Crippen LogP contribution in [0, 0.1) is 45.8 Å². The molecule has 4 heteroatoms. The van der Waals surface area contributed by atoms with Crippen molar-refractivity contribution in [3.63, 3.8) is 0 Å². The number of nitrogens with zero attached hydrogens (tertiary/aromatic N) is 1. The van der Waals surface area contributed by atoms with Gasteiger partial charge >= 0.3 is 0 Å². The minimum atomic E-state index is -0.362. The highest BCUT2D eigenvalue weighted by atomic mass is 16.3. The highest BCUT2D eigenvalue weighted by molar-refractivity contribution is 5.91. The Bertz CT molecular complexity index is 695. The number of hydrogen-bond acceptors (Lipinski definition) is 4. The van der Waals surface area contributed by atoms with E-state index in [0.29, 0.717) is 23.7 Å². The molecular weight excluding hydrogens is 326 g/mol. The van der Waals surface area contributed by atoms with E-state index in [1.54, 1.807) is 0 Å². The summed E-state index contributed by atoms with van der Waals surface area (Å²) in [4.78, 5) is 16.3. The van der Waals surface area contributed by atoms with E-state index < -0.39 is 0 Å². The molecule has 144 valence electrons. The molecule has 6 fully saturated rings. The molecule has 7 bridgehead atoms. The number of fused-ring (bicyclic) bond motifs is 1. The SMILES string of the molecule is CCN1C[C@]2(C)CC[C@H](O)[C@]34C1[C@H](C[C@H]23)[C@@]12C[C@@H]([C@H](O)C[C@H]14)[C@H](C)C2=O. The first-order valence-electron chi connectivity index (χ1n) is 11.0. The Kier molecular flexibility index (Phi) is 2.90. The number of rotatable bonds is 1. The third-order valence-corrected chi connectivity index (χ3v) is 10.7. The van der Waals surface area contributed by atoms with E-state index in [2.05, 4.69) is 25.7 Å². The number of carbonyl (C=O) groups is 1. The van der Waals surface area contributed by atoms with Gasteiger partial charge in [0.2, 0.25) is 0 Å². The van der Waals surface area contributed by atoms with Gasteiger partial charge in [-0.1, -0.05) is 20.8 Å². The molecule has 1 saturated heterocycles. The molecule has 11 atom stereocenters. The Morgan fingerprint density at radius 3 is 2.73 bits per heavy atom. The molecule has 2 N–H and O–H groups in total. The molecule has 5 aliphatic carbocycles. The molecule has 0 aromatic carbocycles. The van der Waals surface area contributed by atoms with Crippen LogP contribution in [-0.4, -0.2) is 52.2 Å². The van der Waals surface area contributed by atoms with E-state index in [4.69, 9.17) is 0 Å². The van der Waals surface area contributed by atoms with Gasteiger partial charge in [-0.05, 0) is 67.7 Å². The van der Waals surface area contributed by atoms with Crippen molar-refractivity contribution in [1.82, 2.24) is 4.90 Å². The molecular formula is C22H33NO3. The molecule has 26 heavy (non-hydrogen) atoms. The van der Waals surface area contributed by atoms with E-state index in [-0.39, 0.29) is 46.2 Å². The molecule has 0 aromatic rings. The predicted molar refractivity (Wildman–Crippen MR) is 97.2 cm³/mol. The Balaban J connectivity index is 1.61. The number of likely N-dealkylation sites (tertiary alicyclic amines) is 1. The normalized spacial score (nSPS) is 65.5. The van der Waals surface area contributed by atoms with Crippen molar-refractivity contribution in [3.8, 4) is 0 Å². The van der Waals surface area contributed by atoms with E-state index in [1.807, 2.05) is 0 Å². The third-order valence-electron chi connectivity index (χ3n) is 10.7. The van der Waals surface area contributed by atoms with Gasteiger partial charge in [-0.3, -0.25) is 9.69 Å². The van der Waals surface area contributed by atoms with Crippen LogP contribution in [-0.2, 0) is 4.79 Å². The summed E-state index contributed by atoms with van der Waals surface area (Å²) in [5.41, 5.74) is -0.143. The van der Waals surface area contributed by atoms with Crippen LogP contribution in [0.2, 0.25) is 0 Å².